The van der Waals surface area contributed by atoms with E-state index in [4.69, 9.17) is 5.73 Å². The number of carbonyl (C=O) groups excluding carboxylic acids is 3. The molecule has 0 saturated carbocycles. The predicted molar refractivity (Wildman–Crippen MR) is 79.0 cm³/mol. The normalized spacial score (nSPS) is 10.0. The quantitative estimate of drug-likeness (QED) is 0.803. The fourth-order valence-corrected chi connectivity index (χ4v) is 1.81. The van der Waals surface area contributed by atoms with Crippen LogP contribution in [0.4, 0.5) is 5.69 Å². The molecule has 0 fully saturated rings. The standard InChI is InChI=1S/C13H16BrN3O3/c1-8-7-10(3-4-11(8)14)16-12(19)13(20)17(6-5-15)9(2)18/h3-4,7H,5-6,15H2,1-2H3,(H,16,19). The Morgan fingerprint density at radius 2 is 2.00 bits per heavy atom. The molecule has 1 aromatic rings. The van der Waals surface area contributed by atoms with Crippen LogP contribution in [0.3, 0.4) is 0 Å². The number of nitrogens with zero attached hydrogens (tertiary/aromatic N) is 1. The van der Waals surface area contributed by atoms with Gasteiger partial charge in [-0.25, -0.2) is 0 Å². The van der Waals surface area contributed by atoms with E-state index in [1.54, 1.807) is 18.2 Å². The van der Waals surface area contributed by atoms with Crippen LogP contribution in [0.15, 0.2) is 22.7 Å². The molecule has 1 rings (SSSR count). The number of benzene rings is 1. The summed E-state index contributed by atoms with van der Waals surface area (Å²) < 4.78 is 0.898. The lowest BCUT2D eigenvalue weighted by molar-refractivity contribution is -0.149. The second-order valence-electron chi connectivity index (χ2n) is 4.18. The lowest BCUT2D eigenvalue weighted by atomic mass is 10.2. The van der Waals surface area contributed by atoms with Gasteiger partial charge in [-0.1, -0.05) is 15.9 Å². The minimum atomic E-state index is -0.913. The summed E-state index contributed by atoms with van der Waals surface area (Å²) in [4.78, 5) is 35.8. The van der Waals surface area contributed by atoms with Crippen LogP contribution in [0.5, 0.6) is 0 Å². The van der Waals surface area contributed by atoms with Gasteiger partial charge in [0.25, 0.3) is 0 Å². The van der Waals surface area contributed by atoms with Gasteiger partial charge in [-0.2, -0.15) is 0 Å². The third kappa shape index (κ3) is 4.14. The number of anilines is 1. The Kier molecular flexibility index (Phi) is 5.84. The van der Waals surface area contributed by atoms with Crippen LogP contribution in [0.1, 0.15) is 12.5 Å². The third-order valence-electron chi connectivity index (χ3n) is 2.59. The van der Waals surface area contributed by atoms with Crippen molar-refractivity contribution in [2.24, 2.45) is 5.73 Å². The fraction of sp³-hybridized carbons (Fsp3) is 0.308. The molecule has 0 bridgehead atoms. The number of hydrogen-bond acceptors (Lipinski definition) is 4. The topological polar surface area (TPSA) is 92.5 Å². The van der Waals surface area contributed by atoms with Gasteiger partial charge in [-0.05, 0) is 30.7 Å². The molecule has 0 radical (unpaired) electrons. The Balaban J connectivity index is 2.81. The van der Waals surface area contributed by atoms with Crippen LogP contribution in [0, 0.1) is 6.92 Å². The van der Waals surface area contributed by atoms with Gasteiger partial charge in [0.2, 0.25) is 5.91 Å². The first kappa shape index (κ1) is 16.3. The van der Waals surface area contributed by atoms with Crippen LogP contribution in [0.2, 0.25) is 0 Å². The van der Waals surface area contributed by atoms with Gasteiger partial charge < -0.3 is 11.1 Å². The summed E-state index contributed by atoms with van der Waals surface area (Å²) in [5.74, 6) is -2.29. The van der Waals surface area contributed by atoms with Crippen LogP contribution in [0.25, 0.3) is 0 Å². The van der Waals surface area contributed by atoms with Crippen LogP contribution in [-0.2, 0) is 14.4 Å². The van der Waals surface area contributed by atoms with E-state index in [2.05, 4.69) is 21.2 Å². The minimum absolute atomic E-state index is 0.0148. The maximum absolute atomic E-state index is 11.9. The zero-order valence-electron chi connectivity index (χ0n) is 11.3. The number of imide groups is 1. The molecule has 0 aliphatic heterocycles. The molecule has 0 spiro atoms. The van der Waals surface area contributed by atoms with E-state index in [0.29, 0.717) is 5.69 Å². The summed E-state index contributed by atoms with van der Waals surface area (Å²) in [6, 6.07) is 5.14. The van der Waals surface area contributed by atoms with Gasteiger partial charge in [0.1, 0.15) is 0 Å². The number of nitrogens with two attached hydrogens (primary N) is 1. The van der Waals surface area contributed by atoms with E-state index < -0.39 is 17.7 Å². The Morgan fingerprint density at radius 1 is 1.35 bits per heavy atom. The number of carbonyl (C=O) groups is 3. The van der Waals surface area contributed by atoms with Crippen molar-refractivity contribution in [3.63, 3.8) is 0 Å². The summed E-state index contributed by atoms with van der Waals surface area (Å²) in [7, 11) is 0. The molecule has 20 heavy (non-hydrogen) atoms. The summed E-state index contributed by atoms with van der Waals surface area (Å²) >= 11 is 3.34. The van der Waals surface area contributed by atoms with Crippen LogP contribution in [-0.4, -0.2) is 35.7 Å². The predicted octanol–water partition coefficient (Wildman–Crippen LogP) is 1.03. The molecular formula is C13H16BrN3O3. The van der Waals surface area contributed by atoms with E-state index in [1.165, 1.54) is 6.92 Å². The maximum atomic E-state index is 11.9. The first-order valence-corrected chi connectivity index (χ1v) is 6.75. The SMILES string of the molecule is CC(=O)N(CCN)C(=O)C(=O)Nc1ccc(Br)c(C)c1. The van der Waals surface area contributed by atoms with Crippen LogP contribution < -0.4 is 11.1 Å². The Bertz CT molecular complexity index is 546. The first-order valence-electron chi connectivity index (χ1n) is 5.96. The second kappa shape index (κ2) is 7.16. The zero-order valence-corrected chi connectivity index (χ0v) is 12.9. The molecular weight excluding hydrogens is 326 g/mol. The molecule has 108 valence electrons. The maximum Gasteiger partial charge on any atom is 0.318 e. The average Bonchev–Trinajstić information content (AvgIpc) is 2.39. The fourth-order valence-electron chi connectivity index (χ4n) is 1.56. The molecule has 1 aromatic carbocycles. The number of halogens is 1. The molecule has 6 nitrogen and oxygen atoms in total. The number of nitrogens with one attached hydrogen (secondary N) is 1. The summed E-state index contributed by atoms with van der Waals surface area (Å²) in [5, 5.41) is 2.46. The van der Waals surface area contributed by atoms with Crippen molar-refractivity contribution in [1.29, 1.82) is 0 Å². The second-order valence-corrected chi connectivity index (χ2v) is 5.04. The largest absolute Gasteiger partial charge is 0.329 e. The molecule has 0 unspecified atom stereocenters. The highest BCUT2D eigenvalue weighted by Crippen LogP contribution is 2.19. The van der Waals surface area contributed by atoms with E-state index >= 15 is 0 Å². The van der Waals surface area contributed by atoms with Gasteiger partial charge >= 0.3 is 11.8 Å². The average molecular weight is 342 g/mol. The summed E-state index contributed by atoms with van der Waals surface area (Å²) in [6.07, 6.45) is 0. The van der Waals surface area contributed by atoms with Gasteiger partial charge in [0, 0.05) is 30.2 Å². The van der Waals surface area contributed by atoms with Crippen molar-refractivity contribution in [1.82, 2.24) is 4.90 Å². The van der Waals surface area contributed by atoms with Gasteiger partial charge in [0.05, 0.1) is 0 Å². The van der Waals surface area contributed by atoms with Gasteiger partial charge in [-0.3, -0.25) is 19.3 Å². The smallest absolute Gasteiger partial charge is 0.318 e. The van der Waals surface area contributed by atoms with Crippen molar-refractivity contribution >= 4 is 39.3 Å². The number of aryl methyl sites for hydroxylation is 1. The number of rotatable bonds is 3. The van der Waals surface area contributed by atoms with E-state index in [1.807, 2.05) is 6.92 Å². The number of amides is 3. The molecule has 0 atom stereocenters. The van der Waals surface area contributed by atoms with E-state index in [0.717, 1.165) is 14.9 Å². The Morgan fingerprint density at radius 3 is 2.50 bits per heavy atom. The van der Waals surface area contributed by atoms with E-state index in [9.17, 15) is 14.4 Å². The molecule has 0 aliphatic carbocycles. The van der Waals surface area contributed by atoms with Crippen molar-refractivity contribution in [3.8, 4) is 0 Å². The molecule has 3 amide bonds. The highest BCUT2D eigenvalue weighted by atomic mass is 79.9. The molecule has 0 saturated heterocycles. The van der Waals surface area contributed by atoms with Crippen LogP contribution >= 0.6 is 15.9 Å². The van der Waals surface area contributed by atoms with Crippen molar-refractivity contribution in [2.45, 2.75) is 13.8 Å². The van der Waals surface area contributed by atoms with Crippen molar-refractivity contribution in [2.75, 3.05) is 18.4 Å². The zero-order chi connectivity index (χ0) is 15.3. The van der Waals surface area contributed by atoms with Crippen molar-refractivity contribution in [3.05, 3.63) is 28.2 Å². The van der Waals surface area contributed by atoms with Crippen molar-refractivity contribution < 1.29 is 14.4 Å². The Labute approximate surface area is 125 Å². The summed E-state index contributed by atoms with van der Waals surface area (Å²) in [5.41, 5.74) is 6.71. The molecule has 0 heterocycles. The number of hydrogen-bond donors (Lipinski definition) is 2. The first-order chi connectivity index (χ1) is 9.36. The van der Waals surface area contributed by atoms with E-state index in [-0.39, 0.29) is 13.1 Å². The Hall–Kier alpha value is -1.73. The molecule has 0 aliphatic rings. The lowest BCUT2D eigenvalue weighted by Crippen LogP contribution is -2.44. The monoisotopic (exact) mass is 341 g/mol. The van der Waals surface area contributed by atoms with Gasteiger partial charge in [-0.15, -0.1) is 0 Å². The highest BCUT2D eigenvalue weighted by Gasteiger charge is 2.24. The highest BCUT2D eigenvalue weighted by molar-refractivity contribution is 9.10. The summed E-state index contributed by atoms with van der Waals surface area (Å²) in [6.45, 7) is 3.19. The lowest BCUT2D eigenvalue weighted by Gasteiger charge is -2.17. The molecule has 0 aromatic heterocycles. The third-order valence-corrected chi connectivity index (χ3v) is 3.48. The van der Waals surface area contributed by atoms with Gasteiger partial charge in [0.15, 0.2) is 0 Å². The molecule has 3 N–H and O–H groups in total. The molecule has 7 heteroatoms. The minimum Gasteiger partial charge on any atom is -0.329 e.